The SMILES string of the molecule is O=C(c1ccc(Cl)cc1)c1ccc2c(c1)oc(=O)n2CN1CCN(c2ccccn2)CC1. The summed E-state index contributed by atoms with van der Waals surface area (Å²) in [6.45, 7) is 3.72. The first kappa shape index (κ1) is 20.5. The molecule has 32 heavy (non-hydrogen) atoms. The highest BCUT2D eigenvalue weighted by molar-refractivity contribution is 6.30. The van der Waals surface area contributed by atoms with Gasteiger partial charge in [-0.05, 0) is 54.6 Å². The second-order valence-corrected chi connectivity index (χ2v) is 8.19. The van der Waals surface area contributed by atoms with Crippen LogP contribution in [0.5, 0.6) is 0 Å². The molecule has 0 aliphatic carbocycles. The molecule has 1 saturated heterocycles. The van der Waals surface area contributed by atoms with Gasteiger partial charge in [-0.15, -0.1) is 0 Å². The van der Waals surface area contributed by atoms with Gasteiger partial charge in [0.1, 0.15) is 5.82 Å². The molecule has 0 N–H and O–H groups in total. The Hall–Kier alpha value is -3.42. The summed E-state index contributed by atoms with van der Waals surface area (Å²) in [4.78, 5) is 34.2. The minimum atomic E-state index is -0.428. The lowest BCUT2D eigenvalue weighted by Gasteiger charge is -2.35. The van der Waals surface area contributed by atoms with Crippen LogP contribution in [0.4, 0.5) is 5.82 Å². The molecule has 0 spiro atoms. The Morgan fingerprint density at radius 3 is 2.44 bits per heavy atom. The Kier molecular flexibility index (Phi) is 5.51. The Morgan fingerprint density at radius 1 is 0.969 bits per heavy atom. The molecule has 1 aliphatic rings. The van der Waals surface area contributed by atoms with Gasteiger partial charge in [-0.1, -0.05) is 17.7 Å². The van der Waals surface area contributed by atoms with E-state index in [0.29, 0.717) is 33.9 Å². The van der Waals surface area contributed by atoms with Crippen LogP contribution in [0.25, 0.3) is 11.1 Å². The third-order valence-corrected chi connectivity index (χ3v) is 5.98. The highest BCUT2D eigenvalue weighted by Crippen LogP contribution is 2.20. The van der Waals surface area contributed by atoms with E-state index >= 15 is 0 Å². The van der Waals surface area contributed by atoms with E-state index in [2.05, 4.69) is 14.8 Å². The number of fused-ring (bicyclic) bond motifs is 1. The normalized spacial score (nSPS) is 14.7. The van der Waals surface area contributed by atoms with E-state index in [1.165, 1.54) is 0 Å². The lowest BCUT2D eigenvalue weighted by molar-refractivity contribution is 0.103. The summed E-state index contributed by atoms with van der Waals surface area (Å²) in [5, 5.41) is 0.570. The number of hydrogen-bond acceptors (Lipinski definition) is 6. The molecule has 0 radical (unpaired) electrons. The topological polar surface area (TPSA) is 71.6 Å². The van der Waals surface area contributed by atoms with Gasteiger partial charge in [0.25, 0.3) is 0 Å². The number of oxazole rings is 1. The van der Waals surface area contributed by atoms with Gasteiger partial charge in [0.15, 0.2) is 11.4 Å². The Morgan fingerprint density at radius 2 is 1.72 bits per heavy atom. The summed E-state index contributed by atoms with van der Waals surface area (Å²) < 4.78 is 7.08. The number of ketones is 1. The van der Waals surface area contributed by atoms with Crippen molar-refractivity contribution >= 4 is 34.3 Å². The van der Waals surface area contributed by atoms with Crippen LogP contribution in [0.2, 0.25) is 5.02 Å². The number of piperazine rings is 1. The number of hydrogen-bond donors (Lipinski definition) is 0. The van der Waals surface area contributed by atoms with Gasteiger partial charge in [-0.3, -0.25) is 14.3 Å². The zero-order valence-corrected chi connectivity index (χ0v) is 18.0. The number of carbonyl (C=O) groups excluding carboxylic acids is 1. The molecule has 0 amide bonds. The number of anilines is 1. The molecule has 2 aromatic heterocycles. The van der Waals surface area contributed by atoms with E-state index < -0.39 is 5.76 Å². The fourth-order valence-electron chi connectivity index (χ4n) is 3.97. The van der Waals surface area contributed by atoms with Crippen molar-refractivity contribution in [3.05, 3.63) is 93.6 Å². The first-order chi connectivity index (χ1) is 15.6. The quantitative estimate of drug-likeness (QED) is 0.434. The van der Waals surface area contributed by atoms with Crippen molar-refractivity contribution in [3.63, 3.8) is 0 Å². The smallest absolute Gasteiger partial charge is 0.408 e. The van der Waals surface area contributed by atoms with Crippen LogP contribution in [-0.4, -0.2) is 46.4 Å². The second kappa shape index (κ2) is 8.61. The first-order valence-corrected chi connectivity index (χ1v) is 10.8. The third kappa shape index (κ3) is 4.04. The Bertz CT molecular complexity index is 1310. The fraction of sp³-hybridized carbons (Fsp3) is 0.208. The molecular weight excluding hydrogens is 428 g/mol. The minimum absolute atomic E-state index is 0.149. The molecule has 2 aromatic carbocycles. The van der Waals surface area contributed by atoms with E-state index in [0.717, 1.165) is 32.0 Å². The zero-order valence-electron chi connectivity index (χ0n) is 17.3. The number of aromatic nitrogens is 2. The molecule has 0 atom stereocenters. The monoisotopic (exact) mass is 448 g/mol. The van der Waals surface area contributed by atoms with Gasteiger partial charge < -0.3 is 9.32 Å². The summed E-state index contributed by atoms with van der Waals surface area (Å²) in [6, 6.07) is 17.7. The van der Waals surface area contributed by atoms with Gasteiger partial charge in [-0.2, -0.15) is 0 Å². The average molecular weight is 449 g/mol. The molecule has 0 saturated carbocycles. The summed E-state index contributed by atoms with van der Waals surface area (Å²) in [6.07, 6.45) is 1.80. The van der Waals surface area contributed by atoms with E-state index in [1.807, 2.05) is 18.2 Å². The van der Waals surface area contributed by atoms with Crippen LogP contribution in [0.3, 0.4) is 0 Å². The second-order valence-electron chi connectivity index (χ2n) is 7.75. The molecule has 162 valence electrons. The maximum Gasteiger partial charge on any atom is 0.421 e. The van der Waals surface area contributed by atoms with Crippen LogP contribution in [0, 0.1) is 0 Å². The highest BCUT2D eigenvalue weighted by atomic mass is 35.5. The largest absolute Gasteiger partial charge is 0.421 e. The van der Waals surface area contributed by atoms with Crippen molar-refractivity contribution < 1.29 is 9.21 Å². The number of rotatable bonds is 5. The Labute approximate surface area is 189 Å². The summed E-state index contributed by atoms with van der Waals surface area (Å²) >= 11 is 5.91. The Balaban J connectivity index is 1.32. The predicted molar refractivity (Wildman–Crippen MR) is 123 cm³/mol. The fourth-order valence-corrected chi connectivity index (χ4v) is 4.09. The van der Waals surface area contributed by atoms with Gasteiger partial charge in [0, 0.05) is 48.5 Å². The van der Waals surface area contributed by atoms with E-state index in [1.54, 1.807) is 53.2 Å². The molecule has 4 aromatic rings. The number of carbonyl (C=O) groups is 1. The molecular formula is C24H21ClN4O3. The van der Waals surface area contributed by atoms with Gasteiger partial charge in [0.05, 0.1) is 12.2 Å². The molecule has 3 heterocycles. The van der Waals surface area contributed by atoms with Crippen molar-refractivity contribution in [2.45, 2.75) is 6.67 Å². The molecule has 1 fully saturated rings. The van der Waals surface area contributed by atoms with Gasteiger partial charge >= 0.3 is 5.76 Å². The molecule has 0 bridgehead atoms. The maximum absolute atomic E-state index is 12.8. The van der Waals surface area contributed by atoms with Crippen molar-refractivity contribution in [1.29, 1.82) is 0 Å². The lowest BCUT2D eigenvalue weighted by Crippen LogP contribution is -2.47. The van der Waals surface area contributed by atoms with Crippen LogP contribution in [-0.2, 0) is 6.67 Å². The molecule has 0 unspecified atom stereocenters. The molecule has 1 aliphatic heterocycles. The van der Waals surface area contributed by atoms with Crippen molar-refractivity contribution in [2.24, 2.45) is 0 Å². The number of halogens is 1. The van der Waals surface area contributed by atoms with Gasteiger partial charge in [-0.25, -0.2) is 9.78 Å². The third-order valence-electron chi connectivity index (χ3n) is 5.72. The molecule has 8 heteroatoms. The van der Waals surface area contributed by atoms with Crippen molar-refractivity contribution in [1.82, 2.24) is 14.5 Å². The van der Waals surface area contributed by atoms with E-state index in [9.17, 15) is 9.59 Å². The predicted octanol–water partition coefficient (Wildman–Crippen LogP) is 3.65. The summed E-state index contributed by atoms with van der Waals surface area (Å²) in [5.74, 6) is 0.392. The van der Waals surface area contributed by atoms with Crippen molar-refractivity contribution in [3.8, 4) is 0 Å². The van der Waals surface area contributed by atoms with E-state index in [4.69, 9.17) is 16.0 Å². The van der Waals surface area contributed by atoms with Gasteiger partial charge in [0.2, 0.25) is 0 Å². The number of pyridine rings is 1. The number of benzene rings is 2. The van der Waals surface area contributed by atoms with Crippen LogP contribution >= 0.6 is 11.6 Å². The van der Waals surface area contributed by atoms with Crippen LogP contribution < -0.4 is 10.7 Å². The van der Waals surface area contributed by atoms with Crippen LogP contribution in [0.1, 0.15) is 15.9 Å². The molecule has 5 rings (SSSR count). The first-order valence-electron chi connectivity index (χ1n) is 10.4. The van der Waals surface area contributed by atoms with Crippen LogP contribution in [0.15, 0.2) is 76.1 Å². The van der Waals surface area contributed by atoms with Crippen molar-refractivity contribution in [2.75, 3.05) is 31.1 Å². The number of nitrogens with zero attached hydrogens (tertiary/aromatic N) is 4. The molecule has 7 nitrogen and oxygen atoms in total. The van der Waals surface area contributed by atoms with E-state index in [-0.39, 0.29) is 5.78 Å². The minimum Gasteiger partial charge on any atom is -0.408 e. The highest BCUT2D eigenvalue weighted by Gasteiger charge is 2.21. The standard InChI is InChI=1S/C24H21ClN4O3/c25-19-7-4-17(5-8-19)23(30)18-6-9-20-21(15-18)32-24(31)29(20)16-27-11-13-28(14-12-27)22-3-1-2-10-26-22/h1-10,15H,11-14,16H2. The lowest BCUT2D eigenvalue weighted by atomic mass is 10.0. The average Bonchev–Trinajstić information content (AvgIpc) is 3.14. The zero-order chi connectivity index (χ0) is 22.1. The summed E-state index contributed by atoms with van der Waals surface area (Å²) in [7, 11) is 0. The maximum atomic E-state index is 12.8. The summed E-state index contributed by atoms with van der Waals surface area (Å²) in [5.41, 5.74) is 2.07.